The topological polar surface area (TPSA) is 108 Å². The van der Waals surface area contributed by atoms with Crippen molar-refractivity contribution in [2.75, 3.05) is 6.26 Å². The number of ether oxygens (including phenoxy) is 1. The zero-order chi connectivity index (χ0) is 18.0. The molecule has 2 aromatic carbocycles. The molecule has 0 aliphatic heterocycles. The Bertz CT molecular complexity index is 1120. The summed E-state index contributed by atoms with van der Waals surface area (Å²) in [5, 5.41) is 7.95. The van der Waals surface area contributed by atoms with Crippen molar-refractivity contribution in [3.8, 4) is 0 Å². The normalized spacial score (nSPS) is 11.4. The molecule has 0 radical (unpaired) electrons. The number of hydrogen-bond donors (Lipinski definition) is 0. The highest BCUT2D eigenvalue weighted by Gasteiger charge is 2.13. The Morgan fingerprint density at radius 1 is 1.16 bits per heavy atom. The van der Waals surface area contributed by atoms with E-state index in [9.17, 15) is 18.0 Å². The number of aromatic nitrogens is 3. The Labute approximate surface area is 142 Å². The van der Waals surface area contributed by atoms with Gasteiger partial charge in [0.2, 0.25) is 0 Å². The summed E-state index contributed by atoms with van der Waals surface area (Å²) in [6.45, 7) is -0.432. The van der Waals surface area contributed by atoms with Gasteiger partial charge in [0.15, 0.2) is 16.6 Å². The summed E-state index contributed by atoms with van der Waals surface area (Å²) in [6.07, 6.45) is 1.04. The second kappa shape index (κ2) is 6.44. The molecule has 0 amide bonds. The number of benzene rings is 2. The predicted octanol–water partition coefficient (Wildman–Crippen LogP) is 1.01. The maximum absolute atomic E-state index is 12.3. The van der Waals surface area contributed by atoms with Crippen LogP contribution in [0.15, 0.2) is 58.2 Å². The van der Waals surface area contributed by atoms with Crippen molar-refractivity contribution in [1.82, 2.24) is 15.0 Å². The number of rotatable bonds is 4. The standard InChI is InChI=1S/C16H13N3O5S/c1-25(22,23)12-6-4-5-11(9-12)16(21)24-10-19-15(20)13-7-2-3-8-14(13)17-18-19/h2-9H,10H2,1H3. The minimum absolute atomic E-state index is 0.00427. The van der Waals surface area contributed by atoms with Gasteiger partial charge in [-0.3, -0.25) is 4.79 Å². The third-order valence-electron chi connectivity index (χ3n) is 3.45. The van der Waals surface area contributed by atoms with Crippen molar-refractivity contribution < 1.29 is 17.9 Å². The first-order valence-electron chi connectivity index (χ1n) is 7.16. The zero-order valence-corrected chi connectivity index (χ0v) is 13.9. The van der Waals surface area contributed by atoms with E-state index in [0.717, 1.165) is 10.9 Å². The molecule has 9 heteroatoms. The molecule has 3 aromatic rings. The molecule has 0 saturated heterocycles. The van der Waals surface area contributed by atoms with Crippen LogP contribution in [0.4, 0.5) is 0 Å². The lowest BCUT2D eigenvalue weighted by atomic mass is 10.2. The summed E-state index contributed by atoms with van der Waals surface area (Å²) in [6, 6.07) is 12.1. The van der Waals surface area contributed by atoms with Crippen molar-refractivity contribution in [1.29, 1.82) is 0 Å². The Morgan fingerprint density at radius 3 is 2.68 bits per heavy atom. The van der Waals surface area contributed by atoms with Gasteiger partial charge in [-0.1, -0.05) is 23.4 Å². The lowest BCUT2D eigenvalue weighted by Crippen LogP contribution is -2.26. The van der Waals surface area contributed by atoms with Crippen LogP contribution >= 0.6 is 0 Å². The fraction of sp³-hybridized carbons (Fsp3) is 0.125. The van der Waals surface area contributed by atoms with Crippen LogP contribution in [0, 0.1) is 0 Å². The van der Waals surface area contributed by atoms with Crippen LogP contribution in [0.5, 0.6) is 0 Å². The number of nitrogens with zero attached hydrogens (tertiary/aromatic N) is 3. The van der Waals surface area contributed by atoms with Gasteiger partial charge >= 0.3 is 5.97 Å². The summed E-state index contributed by atoms with van der Waals surface area (Å²) in [5.74, 6) is -0.771. The minimum atomic E-state index is -3.44. The van der Waals surface area contributed by atoms with E-state index in [0.29, 0.717) is 10.9 Å². The number of sulfone groups is 1. The first kappa shape index (κ1) is 16.8. The van der Waals surface area contributed by atoms with Crippen LogP contribution < -0.4 is 5.56 Å². The Morgan fingerprint density at radius 2 is 1.92 bits per heavy atom. The summed E-state index contributed by atoms with van der Waals surface area (Å²) in [5.41, 5.74) is 0.0592. The number of carbonyl (C=O) groups excluding carboxylic acids is 1. The quantitative estimate of drug-likeness (QED) is 0.640. The molecule has 0 aliphatic carbocycles. The lowest BCUT2D eigenvalue weighted by molar-refractivity contribution is 0.0336. The summed E-state index contributed by atoms with van der Waals surface area (Å²) < 4.78 is 29.0. The zero-order valence-electron chi connectivity index (χ0n) is 13.1. The summed E-state index contributed by atoms with van der Waals surface area (Å²) in [7, 11) is -3.44. The van der Waals surface area contributed by atoms with Crippen LogP contribution in [0.25, 0.3) is 10.9 Å². The van der Waals surface area contributed by atoms with Gasteiger partial charge in [0, 0.05) is 6.26 Å². The van der Waals surface area contributed by atoms with E-state index in [-0.39, 0.29) is 10.5 Å². The first-order valence-corrected chi connectivity index (χ1v) is 9.05. The average Bonchev–Trinajstić information content (AvgIpc) is 2.60. The Kier molecular flexibility index (Phi) is 4.32. The number of esters is 1. The van der Waals surface area contributed by atoms with Crippen LogP contribution in [0.2, 0.25) is 0 Å². The molecule has 0 bridgehead atoms. The second-order valence-corrected chi connectivity index (χ2v) is 7.29. The molecule has 0 N–H and O–H groups in total. The maximum atomic E-state index is 12.3. The van der Waals surface area contributed by atoms with E-state index in [1.54, 1.807) is 24.3 Å². The first-order chi connectivity index (χ1) is 11.9. The van der Waals surface area contributed by atoms with Gasteiger partial charge in [-0.2, -0.15) is 4.68 Å². The average molecular weight is 359 g/mol. The lowest BCUT2D eigenvalue weighted by Gasteiger charge is -2.07. The maximum Gasteiger partial charge on any atom is 0.339 e. The van der Waals surface area contributed by atoms with Gasteiger partial charge < -0.3 is 4.74 Å². The molecular weight excluding hydrogens is 346 g/mol. The molecule has 25 heavy (non-hydrogen) atoms. The van der Waals surface area contributed by atoms with Crippen LogP contribution in [0.3, 0.4) is 0 Å². The van der Waals surface area contributed by atoms with Gasteiger partial charge in [0.25, 0.3) is 5.56 Å². The molecular formula is C16H13N3O5S. The van der Waals surface area contributed by atoms with E-state index >= 15 is 0 Å². The van der Waals surface area contributed by atoms with Gasteiger partial charge in [-0.15, -0.1) is 5.10 Å². The molecule has 1 heterocycles. The summed E-state index contributed by atoms with van der Waals surface area (Å²) >= 11 is 0. The molecule has 1 aromatic heterocycles. The van der Waals surface area contributed by atoms with Crippen molar-refractivity contribution in [3.05, 3.63) is 64.4 Å². The highest BCUT2D eigenvalue weighted by molar-refractivity contribution is 7.90. The molecule has 3 rings (SSSR count). The van der Waals surface area contributed by atoms with Gasteiger partial charge in [0.05, 0.1) is 15.8 Å². The predicted molar refractivity (Wildman–Crippen MR) is 88.8 cm³/mol. The molecule has 0 saturated carbocycles. The van der Waals surface area contributed by atoms with Crippen molar-refractivity contribution in [2.24, 2.45) is 0 Å². The number of hydrogen-bond acceptors (Lipinski definition) is 7. The number of carbonyl (C=O) groups is 1. The molecule has 0 atom stereocenters. The van der Waals surface area contributed by atoms with E-state index in [1.165, 1.54) is 24.3 Å². The smallest absolute Gasteiger partial charge is 0.339 e. The van der Waals surface area contributed by atoms with E-state index in [1.807, 2.05) is 0 Å². The Balaban J connectivity index is 1.81. The molecule has 0 unspecified atom stereocenters. The third-order valence-corrected chi connectivity index (χ3v) is 4.56. The van der Waals surface area contributed by atoms with Gasteiger partial charge in [0.1, 0.15) is 5.52 Å². The molecule has 0 spiro atoms. The SMILES string of the molecule is CS(=O)(=O)c1cccc(C(=O)OCn2nnc3ccccc3c2=O)c1. The van der Waals surface area contributed by atoms with E-state index in [2.05, 4.69) is 10.3 Å². The minimum Gasteiger partial charge on any atom is -0.439 e. The van der Waals surface area contributed by atoms with Crippen molar-refractivity contribution in [2.45, 2.75) is 11.6 Å². The van der Waals surface area contributed by atoms with E-state index < -0.39 is 28.1 Å². The number of fused-ring (bicyclic) bond motifs is 1. The fourth-order valence-electron chi connectivity index (χ4n) is 2.16. The van der Waals surface area contributed by atoms with Crippen LogP contribution in [-0.2, 0) is 21.3 Å². The molecule has 0 aliphatic rings. The fourth-order valence-corrected chi connectivity index (χ4v) is 2.83. The largest absolute Gasteiger partial charge is 0.439 e. The molecule has 8 nitrogen and oxygen atoms in total. The third kappa shape index (κ3) is 3.56. The summed E-state index contributed by atoms with van der Waals surface area (Å²) in [4.78, 5) is 24.3. The second-order valence-electron chi connectivity index (χ2n) is 5.27. The highest BCUT2D eigenvalue weighted by atomic mass is 32.2. The highest BCUT2D eigenvalue weighted by Crippen LogP contribution is 2.12. The monoisotopic (exact) mass is 359 g/mol. The molecule has 0 fully saturated rings. The van der Waals surface area contributed by atoms with Crippen molar-refractivity contribution >= 4 is 26.7 Å². The Hall–Kier alpha value is -3.07. The molecule has 128 valence electrons. The van der Waals surface area contributed by atoms with Crippen molar-refractivity contribution in [3.63, 3.8) is 0 Å². The van der Waals surface area contributed by atoms with Gasteiger partial charge in [-0.05, 0) is 30.3 Å². The van der Waals surface area contributed by atoms with Gasteiger partial charge in [-0.25, -0.2) is 13.2 Å². The van der Waals surface area contributed by atoms with Crippen LogP contribution in [-0.4, -0.2) is 35.6 Å². The van der Waals surface area contributed by atoms with E-state index in [4.69, 9.17) is 4.74 Å². The van der Waals surface area contributed by atoms with Crippen LogP contribution in [0.1, 0.15) is 10.4 Å².